The normalized spacial score (nSPS) is 10.6. The monoisotopic (exact) mass is 342 g/mol. The predicted molar refractivity (Wildman–Crippen MR) is 92.4 cm³/mol. The van der Waals surface area contributed by atoms with Crippen molar-refractivity contribution in [1.29, 1.82) is 0 Å². The van der Waals surface area contributed by atoms with Gasteiger partial charge in [0.05, 0.1) is 6.20 Å². The first-order valence-electron chi connectivity index (χ1n) is 7.56. The smallest absolute Gasteiger partial charge is 0.308 e. The molecule has 2 aromatic carbocycles. The highest BCUT2D eigenvalue weighted by Crippen LogP contribution is 2.28. The van der Waals surface area contributed by atoms with Gasteiger partial charge in [-0.15, -0.1) is 0 Å². The van der Waals surface area contributed by atoms with Crippen molar-refractivity contribution in [1.82, 2.24) is 9.78 Å². The van der Waals surface area contributed by atoms with E-state index in [4.69, 9.17) is 0 Å². The predicted octanol–water partition coefficient (Wildman–Crippen LogP) is 4.32. The van der Waals surface area contributed by atoms with Crippen molar-refractivity contribution in [3.05, 3.63) is 65.9 Å². The van der Waals surface area contributed by atoms with E-state index >= 15 is 0 Å². The van der Waals surface area contributed by atoms with Crippen LogP contribution in [0.4, 0.5) is 25.0 Å². The number of hydrogen-bond donors (Lipinski definition) is 2. The Morgan fingerprint density at radius 1 is 1.08 bits per heavy atom. The Labute approximate surface area is 143 Å². The molecule has 0 saturated carbocycles. The van der Waals surface area contributed by atoms with Crippen LogP contribution >= 0.6 is 0 Å². The molecular weight excluding hydrogens is 326 g/mol. The highest BCUT2D eigenvalue weighted by atomic mass is 19.1. The standard InChI is InChI=1S/C18H16F2N4O/c1-11-6-7-14(9-15(11)17-16(20)10-21-24(17)2)23-18(25)22-13-5-3-4-12(19)8-13/h3-10H,1-2H3,(H2,22,23,25). The molecule has 0 fully saturated rings. The lowest BCUT2D eigenvalue weighted by Gasteiger charge is -2.12. The van der Waals surface area contributed by atoms with Crippen LogP contribution in [-0.2, 0) is 7.05 Å². The molecule has 0 aliphatic carbocycles. The molecule has 0 atom stereocenters. The summed E-state index contributed by atoms with van der Waals surface area (Å²) in [4.78, 5) is 12.1. The molecule has 7 heteroatoms. The maximum atomic E-state index is 14.0. The number of halogens is 2. The van der Waals surface area contributed by atoms with E-state index in [1.165, 1.54) is 22.9 Å². The first-order valence-corrected chi connectivity index (χ1v) is 7.56. The Bertz CT molecular complexity index is 917. The number of nitrogens with zero attached hydrogens (tertiary/aromatic N) is 2. The number of urea groups is 1. The number of carbonyl (C=O) groups excluding carboxylic acids is 1. The lowest BCUT2D eigenvalue weighted by Crippen LogP contribution is -2.19. The second-order valence-electron chi connectivity index (χ2n) is 5.58. The summed E-state index contributed by atoms with van der Waals surface area (Å²) in [5.41, 5.74) is 2.63. The van der Waals surface area contributed by atoms with Crippen LogP contribution in [0.5, 0.6) is 0 Å². The van der Waals surface area contributed by atoms with E-state index in [1.54, 1.807) is 31.3 Å². The number of benzene rings is 2. The molecule has 1 heterocycles. The minimum absolute atomic E-state index is 0.336. The number of aryl methyl sites for hydroxylation is 2. The van der Waals surface area contributed by atoms with Gasteiger partial charge in [-0.3, -0.25) is 4.68 Å². The molecule has 0 radical (unpaired) electrons. The van der Waals surface area contributed by atoms with Gasteiger partial charge in [0.15, 0.2) is 5.82 Å². The van der Waals surface area contributed by atoms with E-state index in [1.807, 2.05) is 6.92 Å². The quantitative estimate of drug-likeness (QED) is 0.745. The van der Waals surface area contributed by atoms with Gasteiger partial charge >= 0.3 is 6.03 Å². The second kappa shape index (κ2) is 6.72. The first-order chi connectivity index (χ1) is 11.9. The molecule has 128 valence electrons. The zero-order valence-corrected chi connectivity index (χ0v) is 13.7. The van der Waals surface area contributed by atoms with Crippen LogP contribution in [0, 0.1) is 18.6 Å². The molecule has 0 bridgehead atoms. The van der Waals surface area contributed by atoms with E-state index in [0.29, 0.717) is 22.6 Å². The number of hydrogen-bond acceptors (Lipinski definition) is 2. The summed E-state index contributed by atoms with van der Waals surface area (Å²) < 4.78 is 28.6. The van der Waals surface area contributed by atoms with Gasteiger partial charge in [0.2, 0.25) is 0 Å². The zero-order chi connectivity index (χ0) is 18.0. The second-order valence-corrected chi connectivity index (χ2v) is 5.58. The fourth-order valence-corrected chi connectivity index (χ4v) is 2.53. The van der Waals surface area contributed by atoms with Gasteiger partial charge in [-0.2, -0.15) is 5.10 Å². The molecule has 0 spiro atoms. The molecular formula is C18H16F2N4O. The number of anilines is 2. The Morgan fingerprint density at radius 3 is 2.44 bits per heavy atom. The summed E-state index contributed by atoms with van der Waals surface area (Å²) in [7, 11) is 1.65. The van der Waals surface area contributed by atoms with Crippen molar-refractivity contribution in [2.24, 2.45) is 7.05 Å². The molecule has 0 saturated heterocycles. The summed E-state index contributed by atoms with van der Waals surface area (Å²) in [6.45, 7) is 1.85. The van der Waals surface area contributed by atoms with E-state index in [-0.39, 0.29) is 0 Å². The molecule has 25 heavy (non-hydrogen) atoms. The summed E-state index contributed by atoms with van der Waals surface area (Å²) >= 11 is 0. The average Bonchev–Trinajstić information content (AvgIpc) is 2.88. The van der Waals surface area contributed by atoms with Crippen molar-refractivity contribution < 1.29 is 13.6 Å². The van der Waals surface area contributed by atoms with Crippen LogP contribution in [0.3, 0.4) is 0 Å². The van der Waals surface area contributed by atoms with Crippen molar-refractivity contribution in [2.45, 2.75) is 6.92 Å². The number of amides is 2. The molecule has 0 aliphatic heterocycles. The molecule has 3 aromatic rings. The summed E-state index contributed by atoms with van der Waals surface area (Å²) in [6.07, 6.45) is 1.14. The topological polar surface area (TPSA) is 59.0 Å². The van der Waals surface area contributed by atoms with Crippen LogP contribution in [0.15, 0.2) is 48.7 Å². The number of aromatic nitrogens is 2. The average molecular weight is 342 g/mol. The minimum atomic E-state index is -0.522. The van der Waals surface area contributed by atoms with Crippen LogP contribution in [0.2, 0.25) is 0 Å². The summed E-state index contributed by atoms with van der Waals surface area (Å²) in [5, 5.41) is 9.09. The number of rotatable bonds is 3. The molecule has 0 aliphatic rings. The van der Waals surface area contributed by atoms with Crippen molar-refractivity contribution in [3.8, 4) is 11.3 Å². The third-order valence-corrected chi connectivity index (χ3v) is 3.73. The van der Waals surface area contributed by atoms with Crippen molar-refractivity contribution in [2.75, 3.05) is 10.6 Å². The van der Waals surface area contributed by atoms with E-state index in [9.17, 15) is 13.6 Å². The Balaban J connectivity index is 1.82. The van der Waals surface area contributed by atoms with Gasteiger partial charge in [0.1, 0.15) is 11.5 Å². The molecule has 2 N–H and O–H groups in total. The molecule has 2 amide bonds. The Kier molecular flexibility index (Phi) is 4.47. The largest absolute Gasteiger partial charge is 0.323 e. The van der Waals surface area contributed by atoms with E-state index < -0.39 is 17.7 Å². The van der Waals surface area contributed by atoms with E-state index in [2.05, 4.69) is 15.7 Å². The van der Waals surface area contributed by atoms with Crippen LogP contribution < -0.4 is 10.6 Å². The van der Waals surface area contributed by atoms with Crippen molar-refractivity contribution in [3.63, 3.8) is 0 Å². The molecule has 3 rings (SSSR count). The summed E-state index contributed by atoms with van der Waals surface area (Å²) in [5.74, 6) is -0.880. The highest BCUT2D eigenvalue weighted by molar-refractivity contribution is 6.00. The van der Waals surface area contributed by atoms with Crippen LogP contribution in [-0.4, -0.2) is 15.8 Å². The lowest BCUT2D eigenvalue weighted by atomic mass is 10.0. The molecule has 5 nitrogen and oxygen atoms in total. The fourth-order valence-electron chi connectivity index (χ4n) is 2.53. The van der Waals surface area contributed by atoms with E-state index in [0.717, 1.165) is 11.8 Å². The number of carbonyl (C=O) groups is 1. The Morgan fingerprint density at radius 2 is 1.80 bits per heavy atom. The zero-order valence-electron chi connectivity index (χ0n) is 13.7. The maximum Gasteiger partial charge on any atom is 0.323 e. The van der Waals surface area contributed by atoms with Crippen molar-refractivity contribution >= 4 is 17.4 Å². The maximum absolute atomic E-state index is 14.0. The van der Waals surface area contributed by atoms with Gasteiger partial charge in [-0.25, -0.2) is 13.6 Å². The highest BCUT2D eigenvalue weighted by Gasteiger charge is 2.14. The van der Waals surface area contributed by atoms with Gasteiger partial charge < -0.3 is 10.6 Å². The number of nitrogens with one attached hydrogen (secondary N) is 2. The van der Waals surface area contributed by atoms with Gasteiger partial charge in [0, 0.05) is 24.0 Å². The third kappa shape index (κ3) is 3.65. The SMILES string of the molecule is Cc1ccc(NC(=O)Nc2cccc(F)c2)cc1-c1c(F)cnn1C. The minimum Gasteiger partial charge on any atom is -0.308 e. The van der Waals surface area contributed by atoms with Crippen LogP contribution in [0.25, 0.3) is 11.3 Å². The first kappa shape index (κ1) is 16.6. The fraction of sp³-hybridized carbons (Fsp3) is 0.111. The third-order valence-electron chi connectivity index (χ3n) is 3.73. The lowest BCUT2D eigenvalue weighted by molar-refractivity contribution is 0.262. The van der Waals surface area contributed by atoms with Gasteiger partial charge in [-0.05, 0) is 42.8 Å². The molecule has 0 unspecified atom stereocenters. The van der Waals surface area contributed by atoms with Gasteiger partial charge in [0.25, 0.3) is 0 Å². The molecule has 1 aromatic heterocycles. The van der Waals surface area contributed by atoms with Gasteiger partial charge in [-0.1, -0.05) is 12.1 Å². The van der Waals surface area contributed by atoms with Crippen LogP contribution in [0.1, 0.15) is 5.56 Å². The Hall–Kier alpha value is -3.22. The summed E-state index contributed by atoms with van der Waals surface area (Å²) in [6, 6.07) is 10.2.